The van der Waals surface area contributed by atoms with Crippen LogP contribution in [0.3, 0.4) is 0 Å². The topological polar surface area (TPSA) is 63.8 Å². The molecule has 3 rings (SSSR count). The lowest BCUT2D eigenvalue weighted by molar-refractivity contribution is 0.0697. The number of rotatable bonds is 3. The van der Waals surface area contributed by atoms with Gasteiger partial charge in [-0.1, -0.05) is 12.1 Å². The number of carboxylic acid groups (broad SMARTS) is 1. The van der Waals surface area contributed by atoms with Crippen LogP contribution in [0, 0.1) is 0 Å². The molecule has 0 aliphatic carbocycles. The Labute approximate surface area is 115 Å². The molecule has 5 heteroatoms. The van der Waals surface area contributed by atoms with Gasteiger partial charge in [0.25, 0.3) is 0 Å². The van der Waals surface area contributed by atoms with E-state index in [1.54, 1.807) is 31.6 Å². The van der Waals surface area contributed by atoms with Crippen LogP contribution in [0.5, 0.6) is 5.75 Å². The van der Waals surface area contributed by atoms with E-state index >= 15 is 0 Å². The Kier molecular flexibility index (Phi) is 2.87. The Morgan fingerprint density at radius 2 is 2.10 bits per heavy atom. The Hall–Kier alpha value is -2.82. The molecule has 0 aliphatic rings. The Morgan fingerprint density at radius 3 is 2.85 bits per heavy atom. The van der Waals surface area contributed by atoms with Crippen LogP contribution < -0.4 is 4.74 Å². The van der Waals surface area contributed by atoms with Crippen molar-refractivity contribution < 1.29 is 14.6 Å². The van der Waals surface area contributed by atoms with Crippen molar-refractivity contribution in [2.45, 2.75) is 0 Å². The smallest absolute Gasteiger partial charge is 0.335 e. The van der Waals surface area contributed by atoms with Gasteiger partial charge < -0.3 is 9.84 Å². The van der Waals surface area contributed by atoms with Gasteiger partial charge in [0.05, 0.1) is 24.6 Å². The highest BCUT2D eigenvalue weighted by atomic mass is 16.5. The van der Waals surface area contributed by atoms with Crippen molar-refractivity contribution in [3.05, 3.63) is 54.4 Å². The number of imidazole rings is 1. The molecule has 100 valence electrons. The molecule has 5 nitrogen and oxygen atoms in total. The average molecular weight is 268 g/mol. The van der Waals surface area contributed by atoms with E-state index in [2.05, 4.69) is 4.98 Å². The van der Waals surface area contributed by atoms with Crippen LogP contribution in [-0.2, 0) is 0 Å². The van der Waals surface area contributed by atoms with Crippen molar-refractivity contribution in [1.82, 2.24) is 9.38 Å². The summed E-state index contributed by atoms with van der Waals surface area (Å²) in [5.74, 6) is -0.217. The summed E-state index contributed by atoms with van der Waals surface area (Å²) < 4.78 is 7.18. The third kappa shape index (κ3) is 1.89. The molecule has 0 saturated carbocycles. The number of fused-ring (bicyclic) bond motifs is 1. The number of hydrogen-bond donors (Lipinski definition) is 1. The lowest BCUT2D eigenvalue weighted by Crippen LogP contribution is -1.98. The van der Waals surface area contributed by atoms with Crippen molar-refractivity contribution in [3.63, 3.8) is 0 Å². The Bertz CT molecular complexity index is 793. The molecule has 0 saturated heterocycles. The van der Waals surface area contributed by atoms with Gasteiger partial charge in [-0.3, -0.25) is 4.40 Å². The van der Waals surface area contributed by atoms with Crippen molar-refractivity contribution in [1.29, 1.82) is 0 Å². The summed E-state index contributed by atoms with van der Waals surface area (Å²) in [6.45, 7) is 0. The third-order valence-electron chi connectivity index (χ3n) is 3.14. The molecular weight excluding hydrogens is 256 g/mol. The fourth-order valence-electron chi connectivity index (χ4n) is 2.17. The van der Waals surface area contributed by atoms with Gasteiger partial charge in [0, 0.05) is 11.8 Å². The summed E-state index contributed by atoms with van der Waals surface area (Å²) >= 11 is 0. The monoisotopic (exact) mass is 268 g/mol. The van der Waals surface area contributed by atoms with Crippen LogP contribution in [0.15, 0.2) is 48.8 Å². The number of pyridine rings is 1. The minimum absolute atomic E-state index is 0.217. The van der Waals surface area contributed by atoms with Crippen LogP contribution in [0.4, 0.5) is 0 Å². The van der Waals surface area contributed by atoms with E-state index in [1.807, 2.05) is 28.7 Å². The quantitative estimate of drug-likeness (QED) is 0.793. The zero-order valence-corrected chi connectivity index (χ0v) is 10.8. The minimum atomic E-state index is -0.964. The van der Waals surface area contributed by atoms with Gasteiger partial charge in [-0.15, -0.1) is 0 Å². The largest absolute Gasteiger partial charge is 0.496 e. The number of aromatic nitrogens is 2. The number of hydrogen-bond acceptors (Lipinski definition) is 3. The second-order valence-corrected chi connectivity index (χ2v) is 4.29. The molecule has 0 radical (unpaired) electrons. The fraction of sp³-hybridized carbons (Fsp3) is 0.0667. The van der Waals surface area contributed by atoms with Crippen LogP contribution in [0.1, 0.15) is 10.4 Å². The molecule has 0 bridgehead atoms. The molecule has 1 N–H and O–H groups in total. The third-order valence-corrected chi connectivity index (χ3v) is 3.14. The average Bonchev–Trinajstić information content (AvgIpc) is 2.89. The maximum Gasteiger partial charge on any atom is 0.335 e. The van der Waals surface area contributed by atoms with E-state index in [0.29, 0.717) is 5.65 Å². The lowest BCUT2D eigenvalue weighted by Gasteiger charge is -2.07. The van der Waals surface area contributed by atoms with E-state index in [9.17, 15) is 4.79 Å². The SMILES string of the molecule is COc1ccccc1-c1cnc2cc(C(=O)O)ccn12. The predicted molar refractivity (Wildman–Crippen MR) is 74.1 cm³/mol. The first-order valence-electron chi connectivity index (χ1n) is 6.04. The van der Waals surface area contributed by atoms with Gasteiger partial charge in [-0.25, -0.2) is 9.78 Å². The molecule has 0 fully saturated rings. The van der Waals surface area contributed by atoms with E-state index in [1.165, 1.54) is 0 Å². The number of nitrogens with zero attached hydrogens (tertiary/aromatic N) is 2. The molecule has 2 heterocycles. The Morgan fingerprint density at radius 1 is 1.30 bits per heavy atom. The zero-order chi connectivity index (χ0) is 14.1. The molecule has 2 aromatic heterocycles. The van der Waals surface area contributed by atoms with E-state index in [-0.39, 0.29) is 5.56 Å². The summed E-state index contributed by atoms with van der Waals surface area (Å²) in [5.41, 5.74) is 2.57. The molecule has 0 aliphatic heterocycles. The molecule has 0 spiro atoms. The summed E-state index contributed by atoms with van der Waals surface area (Å²) in [6.07, 6.45) is 3.41. The van der Waals surface area contributed by atoms with Gasteiger partial charge in [0.2, 0.25) is 0 Å². The summed E-state index contributed by atoms with van der Waals surface area (Å²) in [6, 6.07) is 10.7. The van der Waals surface area contributed by atoms with Gasteiger partial charge in [-0.05, 0) is 24.3 Å². The second-order valence-electron chi connectivity index (χ2n) is 4.29. The van der Waals surface area contributed by atoms with Crippen molar-refractivity contribution in [2.75, 3.05) is 7.11 Å². The zero-order valence-electron chi connectivity index (χ0n) is 10.8. The highest BCUT2D eigenvalue weighted by molar-refractivity contribution is 5.89. The minimum Gasteiger partial charge on any atom is -0.496 e. The fourth-order valence-corrected chi connectivity index (χ4v) is 2.17. The van der Waals surface area contributed by atoms with Crippen LogP contribution >= 0.6 is 0 Å². The van der Waals surface area contributed by atoms with Crippen LogP contribution in [0.2, 0.25) is 0 Å². The number of carbonyl (C=O) groups is 1. The van der Waals surface area contributed by atoms with Crippen LogP contribution in [-0.4, -0.2) is 27.6 Å². The maximum absolute atomic E-state index is 11.0. The van der Waals surface area contributed by atoms with Gasteiger partial charge >= 0.3 is 5.97 Å². The molecule has 0 unspecified atom stereocenters. The lowest BCUT2D eigenvalue weighted by atomic mass is 10.1. The normalized spacial score (nSPS) is 10.7. The van der Waals surface area contributed by atoms with Gasteiger partial charge in [0.15, 0.2) is 0 Å². The second kappa shape index (κ2) is 4.70. The van der Waals surface area contributed by atoms with Gasteiger partial charge in [0.1, 0.15) is 11.4 Å². The maximum atomic E-state index is 11.0. The molecule has 20 heavy (non-hydrogen) atoms. The predicted octanol–water partition coefficient (Wildman–Crippen LogP) is 2.71. The number of ether oxygens (including phenoxy) is 1. The number of methoxy groups -OCH3 is 1. The number of para-hydroxylation sites is 1. The highest BCUT2D eigenvalue weighted by Crippen LogP contribution is 2.30. The number of aromatic carboxylic acids is 1. The van der Waals surface area contributed by atoms with Gasteiger partial charge in [-0.2, -0.15) is 0 Å². The number of carboxylic acids is 1. The Balaban J connectivity index is 2.20. The molecule has 1 aromatic carbocycles. The first kappa shape index (κ1) is 12.2. The molecular formula is C15H12N2O3. The van der Waals surface area contributed by atoms with Crippen molar-refractivity contribution in [3.8, 4) is 17.0 Å². The summed E-state index contributed by atoms with van der Waals surface area (Å²) in [4.78, 5) is 15.2. The van der Waals surface area contributed by atoms with Crippen molar-refractivity contribution in [2.24, 2.45) is 0 Å². The summed E-state index contributed by atoms with van der Waals surface area (Å²) in [5, 5.41) is 8.99. The van der Waals surface area contributed by atoms with E-state index < -0.39 is 5.97 Å². The van der Waals surface area contributed by atoms with Crippen LogP contribution in [0.25, 0.3) is 16.9 Å². The summed E-state index contributed by atoms with van der Waals surface area (Å²) in [7, 11) is 1.62. The number of benzene rings is 1. The van der Waals surface area contributed by atoms with E-state index in [4.69, 9.17) is 9.84 Å². The first-order chi connectivity index (χ1) is 9.70. The highest BCUT2D eigenvalue weighted by Gasteiger charge is 2.12. The molecule has 0 amide bonds. The first-order valence-corrected chi connectivity index (χ1v) is 6.04. The van der Waals surface area contributed by atoms with Crippen molar-refractivity contribution >= 4 is 11.6 Å². The standard InChI is InChI=1S/C15H12N2O3/c1-20-13-5-3-2-4-11(13)12-9-16-14-8-10(15(18)19)6-7-17(12)14/h2-9H,1H3,(H,18,19). The molecule has 3 aromatic rings. The van der Waals surface area contributed by atoms with E-state index in [0.717, 1.165) is 17.0 Å². The molecule has 0 atom stereocenters.